The molecule has 4 nitrogen and oxygen atoms in total. The maximum absolute atomic E-state index is 6.03. The third-order valence-electron chi connectivity index (χ3n) is 6.20. The molecule has 0 aromatic rings. The number of unbranched alkanes of at least 4 members (excludes halogenated alkanes) is 5. The molecule has 27 heavy (non-hydrogen) atoms. The van der Waals surface area contributed by atoms with E-state index in [1.807, 2.05) is 0 Å². The molecule has 1 aliphatic rings. The quantitative estimate of drug-likeness (QED) is 0.0941. The summed E-state index contributed by atoms with van der Waals surface area (Å²) < 4.78 is 16.1. The van der Waals surface area contributed by atoms with Crippen LogP contribution in [0.3, 0.4) is 0 Å². The van der Waals surface area contributed by atoms with Crippen molar-refractivity contribution >= 4 is 18.4 Å². The van der Waals surface area contributed by atoms with Gasteiger partial charge in [-0.05, 0) is 0 Å². The van der Waals surface area contributed by atoms with Gasteiger partial charge < -0.3 is 0 Å². The second-order valence-corrected chi connectivity index (χ2v) is 22.3. The fourth-order valence-corrected chi connectivity index (χ4v) is 23.7. The van der Waals surface area contributed by atoms with E-state index < -0.39 is 18.4 Å². The van der Waals surface area contributed by atoms with E-state index in [1.54, 1.807) is 7.11 Å². The Morgan fingerprint density at radius 3 is 1.78 bits per heavy atom. The van der Waals surface area contributed by atoms with Crippen molar-refractivity contribution in [2.45, 2.75) is 122 Å². The molecule has 5 heteroatoms. The van der Waals surface area contributed by atoms with Crippen molar-refractivity contribution < 1.29 is 19.2 Å². The average Bonchev–Trinajstić information content (AvgIpc) is 3.10. The van der Waals surface area contributed by atoms with Crippen LogP contribution < -0.4 is 0 Å². The zero-order valence-electron chi connectivity index (χ0n) is 18.8. The fraction of sp³-hybridized carbons (Fsp3) is 1.00. The van der Waals surface area contributed by atoms with Crippen LogP contribution in [0.4, 0.5) is 0 Å². The van der Waals surface area contributed by atoms with Crippen LogP contribution in [0.15, 0.2) is 0 Å². The maximum atomic E-state index is 6.03. The molecule has 0 saturated carbocycles. The Hall–Kier alpha value is 0.639. The molecular weight excluding hydrogens is 447 g/mol. The van der Waals surface area contributed by atoms with Gasteiger partial charge in [0.25, 0.3) is 0 Å². The van der Waals surface area contributed by atoms with Gasteiger partial charge in [-0.25, -0.2) is 0 Å². The van der Waals surface area contributed by atoms with Crippen molar-refractivity contribution in [1.82, 2.24) is 0 Å². The third-order valence-corrected chi connectivity index (χ3v) is 23.6. The van der Waals surface area contributed by atoms with Crippen molar-refractivity contribution in [3.63, 3.8) is 0 Å². The summed E-state index contributed by atoms with van der Waals surface area (Å²) in [5, 5.41) is 0. The molecule has 0 bridgehead atoms. The Morgan fingerprint density at radius 1 is 0.741 bits per heavy atom. The molecule has 0 spiro atoms. The molecule has 1 aliphatic heterocycles. The first-order chi connectivity index (χ1) is 13.2. The summed E-state index contributed by atoms with van der Waals surface area (Å²) in [4.78, 5) is 11.7. The molecule has 162 valence electrons. The summed E-state index contributed by atoms with van der Waals surface area (Å²) in [7, 11) is 1.69. The predicted octanol–water partition coefficient (Wildman–Crippen LogP) is 7.06. The van der Waals surface area contributed by atoms with Gasteiger partial charge in [0.05, 0.1) is 0 Å². The molecule has 3 atom stereocenters. The number of hydrogen-bond donors (Lipinski definition) is 0. The van der Waals surface area contributed by atoms with Gasteiger partial charge in [-0.2, -0.15) is 0 Å². The summed E-state index contributed by atoms with van der Waals surface area (Å²) in [5.74, 6) is 0. The summed E-state index contributed by atoms with van der Waals surface area (Å²) in [6, 6.07) is 0. The zero-order valence-corrected chi connectivity index (χ0v) is 21.6. The van der Waals surface area contributed by atoms with Crippen molar-refractivity contribution in [1.29, 1.82) is 0 Å². The molecule has 0 unspecified atom stereocenters. The molecule has 1 heterocycles. The monoisotopic (exact) mass is 494 g/mol. The van der Waals surface area contributed by atoms with Gasteiger partial charge in [-0.3, -0.25) is 0 Å². The predicted molar refractivity (Wildman–Crippen MR) is 115 cm³/mol. The van der Waals surface area contributed by atoms with E-state index in [2.05, 4.69) is 27.7 Å². The number of methoxy groups -OCH3 is 1. The molecule has 0 N–H and O–H groups in total. The van der Waals surface area contributed by atoms with Gasteiger partial charge in [0.2, 0.25) is 0 Å². The molecule has 0 aromatic heterocycles. The van der Waals surface area contributed by atoms with Crippen LogP contribution in [0.25, 0.3) is 0 Å². The summed E-state index contributed by atoms with van der Waals surface area (Å²) in [6.45, 7) is 9.55. The molecule has 1 fully saturated rings. The number of ether oxygens (including phenoxy) is 2. The topological polar surface area (TPSA) is 36.9 Å². The minimum atomic E-state index is -2.53. The van der Waals surface area contributed by atoms with Gasteiger partial charge in [-0.1, -0.05) is 0 Å². The second-order valence-electron chi connectivity index (χ2n) is 8.37. The molecule has 1 rings (SSSR count). The fourth-order valence-electron chi connectivity index (χ4n) is 4.66. The minimum absolute atomic E-state index is 0.210. The van der Waals surface area contributed by atoms with Crippen LogP contribution in [0, 0.1) is 0 Å². The van der Waals surface area contributed by atoms with E-state index in [1.165, 1.54) is 71.1 Å². The Bertz CT molecular complexity index is 331. The molecular formula is C22H46O4Sn. The van der Waals surface area contributed by atoms with E-state index in [-0.39, 0.29) is 12.4 Å². The Kier molecular flexibility index (Phi) is 14.7. The number of hydrogen-bond acceptors (Lipinski definition) is 4. The van der Waals surface area contributed by atoms with Crippen molar-refractivity contribution in [3.8, 4) is 0 Å². The van der Waals surface area contributed by atoms with Gasteiger partial charge in [0.15, 0.2) is 0 Å². The van der Waals surface area contributed by atoms with Crippen LogP contribution in [-0.2, 0) is 19.2 Å². The van der Waals surface area contributed by atoms with Crippen LogP contribution >= 0.6 is 0 Å². The van der Waals surface area contributed by atoms with E-state index in [4.69, 9.17) is 19.2 Å². The normalized spacial score (nSPS) is 23.2. The summed E-state index contributed by atoms with van der Waals surface area (Å²) in [5.41, 5.74) is 0. The first kappa shape index (κ1) is 25.7. The van der Waals surface area contributed by atoms with Gasteiger partial charge in [0, 0.05) is 0 Å². The van der Waals surface area contributed by atoms with Gasteiger partial charge in [0.1, 0.15) is 0 Å². The first-order valence-electron chi connectivity index (χ1n) is 11.6. The number of rotatable bonds is 17. The Morgan fingerprint density at radius 2 is 1.30 bits per heavy atom. The molecule has 0 aliphatic carbocycles. The SMILES string of the molecule is CCCCC[C@@H]1OO[C@@H](OCOC)[C@@H]1[Sn]([CH2]CCC)([CH2]CCC)[CH2]CCC. The van der Waals surface area contributed by atoms with Crippen LogP contribution in [0.5, 0.6) is 0 Å². The van der Waals surface area contributed by atoms with Crippen LogP contribution in [-0.4, -0.2) is 44.7 Å². The first-order valence-corrected chi connectivity index (χ1v) is 19.3. The summed E-state index contributed by atoms with van der Waals surface area (Å²) in [6.07, 6.45) is 12.8. The van der Waals surface area contributed by atoms with E-state index in [9.17, 15) is 0 Å². The third kappa shape index (κ3) is 8.49. The van der Waals surface area contributed by atoms with Gasteiger partial charge >= 0.3 is 173 Å². The standard InChI is InChI=1S/C10H19O4.3C4H9.Sn/c1-3-4-5-6-9-7-10(14-13-9)12-8-11-2;3*1-3-4-2;/h7,9-10H,3-6,8H2,1-2H3;3*1,3-4H2,2H3;/t9-,10+;;;;/m0..../s1. The molecule has 0 aromatic carbocycles. The van der Waals surface area contributed by atoms with Crippen LogP contribution in [0.2, 0.25) is 17.2 Å². The van der Waals surface area contributed by atoms with E-state index >= 15 is 0 Å². The Labute approximate surface area is 172 Å². The Balaban J connectivity index is 3.09. The summed E-state index contributed by atoms with van der Waals surface area (Å²) >= 11 is -2.53. The average molecular weight is 493 g/mol. The molecule has 0 amide bonds. The van der Waals surface area contributed by atoms with Crippen molar-refractivity contribution in [2.75, 3.05) is 13.9 Å². The van der Waals surface area contributed by atoms with Gasteiger partial charge in [-0.15, -0.1) is 0 Å². The molecule has 1 saturated heterocycles. The van der Waals surface area contributed by atoms with Crippen LogP contribution in [0.1, 0.15) is 91.9 Å². The second kappa shape index (κ2) is 15.5. The zero-order chi connectivity index (χ0) is 20.0. The van der Waals surface area contributed by atoms with E-state index in [0.29, 0.717) is 10.7 Å². The van der Waals surface area contributed by atoms with Crippen molar-refractivity contribution in [2.24, 2.45) is 0 Å². The van der Waals surface area contributed by atoms with E-state index in [0.717, 1.165) is 6.42 Å². The van der Waals surface area contributed by atoms with Crippen molar-refractivity contribution in [3.05, 3.63) is 0 Å². The molecule has 0 radical (unpaired) electrons.